The van der Waals surface area contributed by atoms with Gasteiger partial charge >= 0.3 is 0 Å². The van der Waals surface area contributed by atoms with Gasteiger partial charge in [0.2, 0.25) is 0 Å². The van der Waals surface area contributed by atoms with Crippen LogP contribution in [-0.2, 0) is 0 Å². The monoisotopic (exact) mass is 217 g/mol. The Morgan fingerprint density at radius 2 is 2.50 bits per heavy atom. The number of fused-ring (bicyclic) bond motifs is 1. The van der Waals surface area contributed by atoms with Gasteiger partial charge in [0.1, 0.15) is 11.4 Å². The number of rotatable bonds is 3. The third kappa shape index (κ3) is 1.76. The van der Waals surface area contributed by atoms with Crippen LogP contribution in [0.4, 0.5) is 5.82 Å². The molecule has 1 unspecified atom stereocenters. The maximum atomic E-state index is 5.34. The van der Waals surface area contributed by atoms with E-state index in [1.54, 1.807) is 12.5 Å². The molecule has 1 aliphatic heterocycles. The topological polar surface area (TPSA) is 50.1 Å². The second-order valence-corrected chi connectivity index (χ2v) is 4.23. The van der Waals surface area contributed by atoms with E-state index in [0.29, 0.717) is 5.92 Å². The van der Waals surface area contributed by atoms with E-state index in [1.807, 2.05) is 12.1 Å². The van der Waals surface area contributed by atoms with E-state index in [0.717, 1.165) is 36.4 Å². The molecule has 0 radical (unpaired) electrons. The third-order valence-electron chi connectivity index (χ3n) is 3.10. The van der Waals surface area contributed by atoms with Gasteiger partial charge in [0.25, 0.3) is 0 Å². The molecule has 0 spiro atoms. The van der Waals surface area contributed by atoms with Gasteiger partial charge in [-0.25, -0.2) is 4.98 Å². The lowest BCUT2D eigenvalue weighted by atomic mass is 10.1. The van der Waals surface area contributed by atoms with E-state index in [-0.39, 0.29) is 0 Å². The second kappa shape index (κ2) is 4.14. The second-order valence-electron chi connectivity index (χ2n) is 4.23. The molecule has 3 heterocycles. The van der Waals surface area contributed by atoms with Crippen molar-refractivity contribution in [2.24, 2.45) is 5.92 Å². The summed E-state index contributed by atoms with van der Waals surface area (Å²) in [5.74, 6) is 1.64. The van der Waals surface area contributed by atoms with Crippen molar-refractivity contribution in [1.29, 1.82) is 0 Å². The summed E-state index contributed by atoms with van der Waals surface area (Å²) in [6.45, 7) is 3.22. The third-order valence-corrected chi connectivity index (χ3v) is 3.10. The zero-order valence-electron chi connectivity index (χ0n) is 9.07. The van der Waals surface area contributed by atoms with Crippen LogP contribution in [-0.4, -0.2) is 24.6 Å². The minimum atomic E-state index is 0.712. The van der Waals surface area contributed by atoms with Gasteiger partial charge in [0.15, 0.2) is 0 Å². The molecule has 2 N–H and O–H groups in total. The normalized spacial score (nSPS) is 20.4. The van der Waals surface area contributed by atoms with Gasteiger partial charge in [-0.3, -0.25) is 0 Å². The van der Waals surface area contributed by atoms with Crippen molar-refractivity contribution in [1.82, 2.24) is 10.3 Å². The minimum absolute atomic E-state index is 0.712. The minimum Gasteiger partial charge on any atom is -0.464 e. The number of aromatic nitrogens is 1. The number of hydrogen-bond acceptors (Lipinski definition) is 4. The van der Waals surface area contributed by atoms with Crippen molar-refractivity contribution in [2.75, 3.05) is 25.0 Å². The van der Waals surface area contributed by atoms with Crippen LogP contribution in [0.3, 0.4) is 0 Å². The molecule has 4 nitrogen and oxygen atoms in total. The summed E-state index contributed by atoms with van der Waals surface area (Å²) in [6.07, 6.45) is 4.73. The van der Waals surface area contributed by atoms with Crippen molar-refractivity contribution in [2.45, 2.75) is 6.42 Å². The highest BCUT2D eigenvalue weighted by atomic mass is 16.3. The summed E-state index contributed by atoms with van der Waals surface area (Å²) >= 11 is 0. The van der Waals surface area contributed by atoms with E-state index in [2.05, 4.69) is 15.6 Å². The van der Waals surface area contributed by atoms with Crippen molar-refractivity contribution < 1.29 is 4.42 Å². The highest BCUT2D eigenvalue weighted by Gasteiger charge is 2.14. The Balaban J connectivity index is 1.75. The quantitative estimate of drug-likeness (QED) is 0.823. The number of furan rings is 1. The molecule has 0 saturated carbocycles. The number of nitrogens with zero attached hydrogens (tertiary/aromatic N) is 1. The largest absolute Gasteiger partial charge is 0.464 e. The van der Waals surface area contributed by atoms with Crippen molar-refractivity contribution in [3.05, 3.63) is 24.6 Å². The molecule has 0 amide bonds. The molecule has 84 valence electrons. The maximum Gasteiger partial charge on any atom is 0.139 e. The SMILES string of the molecule is c1cc2occc2c(NCC2CCNC2)n1. The Bertz CT molecular complexity index is 474. The molecule has 16 heavy (non-hydrogen) atoms. The summed E-state index contributed by atoms with van der Waals surface area (Å²) in [7, 11) is 0. The van der Waals surface area contributed by atoms with Crippen LogP contribution in [0.5, 0.6) is 0 Å². The van der Waals surface area contributed by atoms with Crippen LogP contribution in [0.1, 0.15) is 6.42 Å². The van der Waals surface area contributed by atoms with Gasteiger partial charge in [0.05, 0.1) is 11.6 Å². The Labute approximate surface area is 94.0 Å². The molecule has 1 saturated heterocycles. The first-order chi connectivity index (χ1) is 7.93. The van der Waals surface area contributed by atoms with E-state index < -0.39 is 0 Å². The molecule has 2 aromatic heterocycles. The van der Waals surface area contributed by atoms with Crippen LogP contribution in [0.2, 0.25) is 0 Å². The zero-order valence-corrected chi connectivity index (χ0v) is 9.07. The summed E-state index contributed by atoms with van der Waals surface area (Å²) in [6, 6.07) is 3.84. The van der Waals surface area contributed by atoms with Gasteiger partial charge in [-0.05, 0) is 37.6 Å². The van der Waals surface area contributed by atoms with Crippen molar-refractivity contribution in [3.63, 3.8) is 0 Å². The van der Waals surface area contributed by atoms with Crippen LogP contribution < -0.4 is 10.6 Å². The van der Waals surface area contributed by atoms with Gasteiger partial charge < -0.3 is 15.1 Å². The van der Waals surface area contributed by atoms with Crippen molar-refractivity contribution >= 4 is 16.8 Å². The standard InChI is InChI=1S/C12H15N3O/c1-4-13-7-9(1)8-15-12-10-3-6-16-11(10)2-5-14-12/h2-3,5-6,9,13H,1,4,7-8H2,(H,14,15). The molecule has 4 heteroatoms. The molecular formula is C12H15N3O. The van der Waals surface area contributed by atoms with Gasteiger partial charge in [-0.2, -0.15) is 0 Å². The highest BCUT2D eigenvalue weighted by molar-refractivity contribution is 5.87. The first-order valence-corrected chi connectivity index (χ1v) is 5.70. The lowest BCUT2D eigenvalue weighted by Gasteiger charge is -2.10. The van der Waals surface area contributed by atoms with Crippen LogP contribution in [0.25, 0.3) is 11.0 Å². The van der Waals surface area contributed by atoms with Crippen LogP contribution >= 0.6 is 0 Å². The fraction of sp³-hybridized carbons (Fsp3) is 0.417. The van der Waals surface area contributed by atoms with Gasteiger partial charge in [-0.15, -0.1) is 0 Å². The van der Waals surface area contributed by atoms with Crippen molar-refractivity contribution in [3.8, 4) is 0 Å². The van der Waals surface area contributed by atoms with Crippen LogP contribution in [0, 0.1) is 5.92 Å². The van der Waals surface area contributed by atoms with E-state index >= 15 is 0 Å². The number of pyridine rings is 1. The van der Waals surface area contributed by atoms with Gasteiger partial charge in [-0.1, -0.05) is 0 Å². The molecule has 0 aliphatic carbocycles. The molecule has 1 aliphatic rings. The summed E-state index contributed by atoms with van der Waals surface area (Å²) < 4.78 is 5.34. The predicted octanol–water partition coefficient (Wildman–Crippen LogP) is 1.85. The predicted molar refractivity (Wildman–Crippen MR) is 63.5 cm³/mol. The lowest BCUT2D eigenvalue weighted by Crippen LogP contribution is -2.17. The van der Waals surface area contributed by atoms with E-state index in [4.69, 9.17) is 4.42 Å². The molecule has 0 bridgehead atoms. The fourth-order valence-electron chi connectivity index (χ4n) is 2.17. The van der Waals surface area contributed by atoms with E-state index in [1.165, 1.54) is 6.42 Å². The summed E-state index contributed by atoms with van der Waals surface area (Å²) in [5, 5.41) is 7.83. The first-order valence-electron chi connectivity index (χ1n) is 5.70. The molecular weight excluding hydrogens is 202 g/mol. The number of anilines is 1. The van der Waals surface area contributed by atoms with Gasteiger partial charge in [0, 0.05) is 12.7 Å². The smallest absolute Gasteiger partial charge is 0.139 e. The molecule has 2 aromatic rings. The number of nitrogens with one attached hydrogen (secondary N) is 2. The zero-order chi connectivity index (χ0) is 10.8. The number of hydrogen-bond donors (Lipinski definition) is 2. The summed E-state index contributed by atoms with van der Waals surface area (Å²) in [4.78, 5) is 4.35. The van der Waals surface area contributed by atoms with Crippen LogP contribution in [0.15, 0.2) is 29.0 Å². The Hall–Kier alpha value is -1.55. The molecule has 3 rings (SSSR count). The Morgan fingerprint density at radius 1 is 1.50 bits per heavy atom. The molecule has 0 aromatic carbocycles. The maximum absolute atomic E-state index is 5.34. The molecule has 1 fully saturated rings. The fourth-order valence-corrected chi connectivity index (χ4v) is 2.17. The first kappa shape index (κ1) is 9.66. The van der Waals surface area contributed by atoms with E-state index in [9.17, 15) is 0 Å². The Morgan fingerprint density at radius 3 is 3.38 bits per heavy atom. The average Bonchev–Trinajstić information content (AvgIpc) is 2.97. The summed E-state index contributed by atoms with van der Waals surface area (Å²) in [5.41, 5.74) is 0.891. The molecule has 1 atom stereocenters. The Kier molecular flexibility index (Phi) is 2.50. The lowest BCUT2D eigenvalue weighted by molar-refractivity contribution is 0.612. The highest BCUT2D eigenvalue weighted by Crippen LogP contribution is 2.22. The average molecular weight is 217 g/mol.